The minimum Gasteiger partial charge on any atom is -0.461 e. The van der Waals surface area contributed by atoms with Crippen molar-refractivity contribution in [3.8, 4) is 11.6 Å². The molecular weight excluding hydrogens is 354 g/mol. The fourth-order valence-corrected chi connectivity index (χ4v) is 3.00. The third-order valence-corrected chi connectivity index (χ3v) is 4.73. The molecular formula is C17H17N5O3S. The van der Waals surface area contributed by atoms with Gasteiger partial charge in [0.05, 0.1) is 12.0 Å². The first-order valence-electron chi connectivity index (χ1n) is 7.72. The monoisotopic (exact) mass is 371 g/mol. The van der Waals surface area contributed by atoms with Crippen molar-refractivity contribution in [1.82, 2.24) is 14.8 Å². The van der Waals surface area contributed by atoms with E-state index in [1.807, 2.05) is 6.92 Å². The van der Waals surface area contributed by atoms with E-state index in [1.54, 1.807) is 48.2 Å². The maximum absolute atomic E-state index is 12.2. The average molecular weight is 371 g/mol. The van der Waals surface area contributed by atoms with Crippen LogP contribution in [-0.2, 0) is 11.8 Å². The molecule has 0 saturated heterocycles. The number of benzene rings is 1. The number of primary amides is 1. The number of nitrogens with zero attached hydrogens (tertiary/aromatic N) is 3. The molecule has 0 atom stereocenters. The second-order valence-corrected chi connectivity index (χ2v) is 6.52. The highest BCUT2D eigenvalue weighted by atomic mass is 32.2. The van der Waals surface area contributed by atoms with Gasteiger partial charge in [0.1, 0.15) is 0 Å². The molecule has 0 saturated carbocycles. The van der Waals surface area contributed by atoms with Crippen LogP contribution in [0.5, 0.6) is 0 Å². The van der Waals surface area contributed by atoms with E-state index in [0.29, 0.717) is 28.0 Å². The molecule has 0 aliphatic rings. The fraction of sp³-hybridized carbons (Fsp3) is 0.176. The van der Waals surface area contributed by atoms with Gasteiger partial charge in [0, 0.05) is 18.3 Å². The van der Waals surface area contributed by atoms with Gasteiger partial charge in [-0.25, -0.2) is 0 Å². The van der Waals surface area contributed by atoms with Crippen molar-refractivity contribution in [3.63, 3.8) is 0 Å². The van der Waals surface area contributed by atoms with E-state index in [9.17, 15) is 9.59 Å². The Bertz CT molecular complexity index is 949. The summed E-state index contributed by atoms with van der Waals surface area (Å²) in [5.74, 6) is 0.574. The van der Waals surface area contributed by atoms with Gasteiger partial charge in [0.25, 0.3) is 0 Å². The largest absolute Gasteiger partial charge is 0.461 e. The van der Waals surface area contributed by atoms with Gasteiger partial charge in [0.2, 0.25) is 11.8 Å². The molecule has 0 aliphatic carbocycles. The summed E-state index contributed by atoms with van der Waals surface area (Å²) in [5.41, 5.74) is 7.02. The number of carbonyl (C=O) groups is 2. The molecule has 2 amide bonds. The van der Waals surface area contributed by atoms with Crippen LogP contribution in [0.4, 0.5) is 5.69 Å². The number of hydrogen-bond donors (Lipinski definition) is 2. The number of carbonyl (C=O) groups excluding carboxylic acids is 2. The Morgan fingerprint density at radius 3 is 2.81 bits per heavy atom. The van der Waals surface area contributed by atoms with Crippen LogP contribution in [0.3, 0.4) is 0 Å². The summed E-state index contributed by atoms with van der Waals surface area (Å²) in [7, 11) is 1.80. The van der Waals surface area contributed by atoms with Crippen molar-refractivity contribution < 1.29 is 14.0 Å². The maximum Gasteiger partial charge on any atom is 0.248 e. The van der Waals surface area contributed by atoms with E-state index >= 15 is 0 Å². The maximum atomic E-state index is 12.2. The van der Waals surface area contributed by atoms with Crippen LogP contribution >= 0.6 is 11.8 Å². The highest BCUT2D eigenvalue weighted by molar-refractivity contribution is 7.99. The van der Waals surface area contributed by atoms with Gasteiger partial charge in [0.15, 0.2) is 16.7 Å². The third kappa shape index (κ3) is 3.77. The zero-order valence-corrected chi connectivity index (χ0v) is 15.0. The molecule has 3 aromatic rings. The first-order chi connectivity index (χ1) is 12.5. The molecule has 26 heavy (non-hydrogen) atoms. The van der Waals surface area contributed by atoms with E-state index in [4.69, 9.17) is 10.2 Å². The summed E-state index contributed by atoms with van der Waals surface area (Å²) in [6.07, 6.45) is 1.56. The van der Waals surface area contributed by atoms with Gasteiger partial charge in [-0.3, -0.25) is 9.59 Å². The lowest BCUT2D eigenvalue weighted by molar-refractivity contribution is -0.113. The second kappa shape index (κ2) is 7.44. The van der Waals surface area contributed by atoms with Crippen LogP contribution in [0.15, 0.2) is 46.2 Å². The summed E-state index contributed by atoms with van der Waals surface area (Å²) in [6.45, 7) is 1.84. The first-order valence-corrected chi connectivity index (χ1v) is 8.70. The van der Waals surface area contributed by atoms with Crippen LogP contribution in [0, 0.1) is 6.92 Å². The molecule has 0 radical (unpaired) electrons. The van der Waals surface area contributed by atoms with Gasteiger partial charge in [-0.15, -0.1) is 10.2 Å². The number of furan rings is 1. The summed E-state index contributed by atoms with van der Waals surface area (Å²) in [5, 5.41) is 11.5. The third-order valence-electron chi connectivity index (χ3n) is 3.71. The van der Waals surface area contributed by atoms with E-state index in [1.165, 1.54) is 11.8 Å². The molecule has 1 aromatic carbocycles. The Morgan fingerprint density at radius 2 is 2.12 bits per heavy atom. The van der Waals surface area contributed by atoms with Crippen LogP contribution in [0.1, 0.15) is 15.9 Å². The quantitative estimate of drug-likeness (QED) is 0.642. The number of anilines is 1. The predicted octanol–water partition coefficient (Wildman–Crippen LogP) is 2.21. The number of amides is 2. The molecule has 8 nitrogen and oxygen atoms in total. The van der Waals surface area contributed by atoms with E-state index < -0.39 is 5.91 Å². The zero-order chi connectivity index (χ0) is 18.7. The van der Waals surface area contributed by atoms with Gasteiger partial charge < -0.3 is 20.0 Å². The lowest BCUT2D eigenvalue weighted by atomic mass is 10.1. The van der Waals surface area contributed by atoms with Gasteiger partial charge >= 0.3 is 0 Å². The van der Waals surface area contributed by atoms with Crippen molar-refractivity contribution in [2.45, 2.75) is 12.1 Å². The molecule has 9 heteroatoms. The van der Waals surface area contributed by atoms with Crippen LogP contribution in [0.2, 0.25) is 0 Å². The summed E-state index contributed by atoms with van der Waals surface area (Å²) in [6, 6.07) is 8.49. The predicted molar refractivity (Wildman–Crippen MR) is 97.8 cm³/mol. The summed E-state index contributed by atoms with van der Waals surface area (Å²) in [4.78, 5) is 23.5. The van der Waals surface area contributed by atoms with Gasteiger partial charge in [-0.05, 0) is 36.8 Å². The van der Waals surface area contributed by atoms with E-state index in [-0.39, 0.29) is 11.7 Å². The number of thioether (sulfide) groups is 1. The summed E-state index contributed by atoms with van der Waals surface area (Å²) >= 11 is 1.25. The van der Waals surface area contributed by atoms with E-state index in [0.717, 1.165) is 5.56 Å². The topological polar surface area (TPSA) is 116 Å². The normalized spacial score (nSPS) is 10.7. The Balaban J connectivity index is 1.65. The lowest BCUT2D eigenvalue weighted by Crippen LogP contribution is -2.17. The van der Waals surface area contributed by atoms with Crippen LogP contribution < -0.4 is 11.1 Å². The summed E-state index contributed by atoms with van der Waals surface area (Å²) < 4.78 is 7.07. The highest BCUT2D eigenvalue weighted by Crippen LogP contribution is 2.23. The first kappa shape index (κ1) is 17.7. The number of hydrogen-bond acceptors (Lipinski definition) is 6. The Morgan fingerprint density at radius 1 is 1.31 bits per heavy atom. The molecule has 2 aromatic heterocycles. The van der Waals surface area contributed by atoms with Crippen molar-refractivity contribution in [2.75, 3.05) is 11.1 Å². The molecule has 3 N–H and O–H groups in total. The van der Waals surface area contributed by atoms with Crippen LogP contribution in [0.25, 0.3) is 11.6 Å². The van der Waals surface area contributed by atoms with E-state index in [2.05, 4.69) is 15.5 Å². The molecule has 0 fully saturated rings. The smallest absolute Gasteiger partial charge is 0.248 e. The number of aromatic nitrogens is 3. The average Bonchev–Trinajstić information content (AvgIpc) is 3.24. The van der Waals surface area contributed by atoms with Crippen molar-refractivity contribution in [1.29, 1.82) is 0 Å². The Labute approximate surface area is 153 Å². The van der Waals surface area contributed by atoms with Crippen molar-refractivity contribution in [3.05, 3.63) is 47.7 Å². The SMILES string of the molecule is Cc1ccc(C(N)=O)cc1NC(=O)CSc1nnc(-c2ccco2)n1C. The molecule has 134 valence electrons. The molecule has 2 heterocycles. The Hall–Kier alpha value is -3.07. The Kier molecular flexibility index (Phi) is 5.08. The zero-order valence-electron chi connectivity index (χ0n) is 14.2. The molecule has 0 unspecified atom stereocenters. The van der Waals surface area contributed by atoms with Gasteiger partial charge in [-0.2, -0.15) is 0 Å². The van der Waals surface area contributed by atoms with Crippen molar-refractivity contribution >= 4 is 29.3 Å². The molecule has 3 rings (SSSR count). The highest BCUT2D eigenvalue weighted by Gasteiger charge is 2.15. The minimum atomic E-state index is -0.542. The lowest BCUT2D eigenvalue weighted by Gasteiger charge is -2.09. The molecule has 0 bridgehead atoms. The number of aryl methyl sites for hydroxylation is 1. The molecule has 0 spiro atoms. The standard InChI is InChI=1S/C17H17N5O3S/c1-10-5-6-11(15(18)24)8-12(10)19-14(23)9-26-17-21-20-16(22(17)2)13-4-3-7-25-13/h3-8H,9H2,1-2H3,(H2,18,24)(H,19,23). The second-order valence-electron chi connectivity index (χ2n) is 5.57. The molecule has 0 aliphatic heterocycles. The number of nitrogens with two attached hydrogens (primary N) is 1. The minimum absolute atomic E-state index is 0.143. The van der Waals surface area contributed by atoms with Crippen molar-refractivity contribution in [2.24, 2.45) is 12.8 Å². The van der Waals surface area contributed by atoms with Crippen LogP contribution in [-0.4, -0.2) is 32.3 Å². The van der Waals surface area contributed by atoms with Gasteiger partial charge in [-0.1, -0.05) is 17.8 Å². The number of rotatable bonds is 6. The number of nitrogens with one attached hydrogen (secondary N) is 1. The fourth-order valence-electron chi connectivity index (χ4n) is 2.29.